The first-order valence-corrected chi connectivity index (χ1v) is 6.33. The van der Waals surface area contributed by atoms with E-state index in [0.29, 0.717) is 12.5 Å². The number of carbonyl (C=O) groups excluding carboxylic acids is 1. The minimum absolute atomic E-state index is 0.0404. The number of nitrogens with zero attached hydrogens (tertiary/aromatic N) is 3. The molecule has 18 heavy (non-hydrogen) atoms. The van der Waals surface area contributed by atoms with E-state index in [1.165, 1.54) is 0 Å². The average molecular weight is 251 g/mol. The van der Waals surface area contributed by atoms with Gasteiger partial charge >= 0.3 is 0 Å². The van der Waals surface area contributed by atoms with Gasteiger partial charge in [0, 0.05) is 13.6 Å². The van der Waals surface area contributed by atoms with E-state index in [1.807, 2.05) is 18.5 Å². The molecule has 1 unspecified atom stereocenters. The Hall–Kier alpha value is -1.43. The topological polar surface area (TPSA) is 85.8 Å². The van der Waals surface area contributed by atoms with Crippen molar-refractivity contribution in [3.8, 4) is 0 Å². The number of aryl methyl sites for hydroxylation is 1. The highest BCUT2D eigenvalue weighted by molar-refractivity contribution is 5.84. The van der Waals surface area contributed by atoms with Gasteiger partial charge in [0.25, 0.3) is 0 Å². The van der Waals surface area contributed by atoms with Gasteiger partial charge in [-0.05, 0) is 25.7 Å². The molecule has 6 nitrogen and oxygen atoms in total. The van der Waals surface area contributed by atoms with Crippen molar-refractivity contribution in [3.63, 3.8) is 0 Å². The second kappa shape index (κ2) is 4.68. The molecule has 2 rings (SSSR count). The van der Waals surface area contributed by atoms with Crippen LogP contribution in [-0.4, -0.2) is 27.2 Å². The van der Waals surface area contributed by atoms with Crippen molar-refractivity contribution in [1.82, 2.24) is 20.1 Å². The molecule has 1 aliphatic carbocycles. The predicted molar refractivity (Wildman–Crippen MR) is 67.4 cm³/mol. The second-order valence-electron chi connectivity index (χ2n) is 5.49. The largest absolute Gasteiger partial charge is 0.346 e. The van der Waals surface area contributed by atoms with Gasteiger partial charge < -0.3 is 15.6 Å². The van der Waals surface area contributed by atoms with Gasteiger partial charge in [-0.15, -0.1) is 10.2 Å². The summed E-state index contributed by atoms with van der Waals surface area (Å²) in [5, 5.41) is 10.8. The molecule has 100 valence electrons. The summed E-state index contributed by atoms with van der Waals surface area (Å²) in [7, 11) is 1.86. The molecule has 6 heteroatoms. The van der Waals surface area contributed by atoms with Gasteiger partial charge in [0.1, 0.15) is 6.33 Å². The molecule has 1 aliphatic rings. The summed E-state index contributed by atoms with van der Waals surface area (Å²) in [6.45, 7) is 4.47. The fraction of sp³-hybridized carbons (Fsp3) is 0.750. The summed E-state index contributed by atoms with van der Waals surface area (Å²) >= 11 is 0. The standard InChI is InChI=1S/C12H21N5O/c1-8-4-12(5-8,6-13)11(18)15-9(2)10-16-14-7-17(10)3/h7-9H,4-6,13H2,1-3H3,(H,15,18). The number of nitrogens with two attached hydrogens (primary N) is 1. The van der Waals surface area contributed by atoms with Gasteiger partial charge in [-0.2, -0.15) is 0 Å². The Balaban J connectivity index is 2.01. The molecule has 0 aliphatic heterocycles. The number of aromatic nitrogens is 3. The van der Waals surface area contributed by atoms with Crippen LogP contribution in [0.4, 0.5) is 0 Å². The minimum Gasteiger partial charge on any atom is -0.346 e. The Morgan fingerprint density at radius 2 is 2.39 bits per heavy atom. The zero-order valence-corrected chi connectivity index (χ0v) is 11.2. The van der Waals surface area contributed by atoms with E-state index in [0.717, 1.165) is 18.7 Å². The molecule has 1 fully saturated rings. The van der Waals surface area contributed by atoms with Crippen LogP contribution in [-0.2, 0) is 11.8 Å². The number of nitrogens with one attached hydrogen (secondary N) is 1. The summed E-state index contributed by atoms with van der Waals surface area (Å²) in [4.78, 5) is 12.3. The lowest BCUT2D eigenvalue weighted by Gasteiger charge is -2.44. The van der Waals surface area contributed by atoms with Crippen LogP contribution in [0.2, 0.25) is 0 Å². The number of carbonyl (C=O) groups is 1. The molecule has 1 amide bonds. The molecule has 1 aromatic heterocycles. The zero-order valence-electron chi connectivity index (χ0n) is 11.2. The molecule has 0 radical (unpaired) electrons. The van der Waals surface area contributed by atoms with Crippen LogP contribution in [0.5, 0.6) is 0 Å². The van der Waals surface area contributed by atoms with Crippen LogP contribution in [0.25, 0.3) is 0 Å². The van der Waals surface area contributed by atoms with E-state index < -0.39 is 0 Å². The molecule has 1 atom stereocenters. The lowest BCUT2D eigenvalue weighted by atomic mass is 9.62. The van der Waals surface area contributed by atoms with Crippen molar-refractivity contribution in [2.75, 3.05) is 6.54 Å². The van der Waals surface area contributed by atoms with E-state index in [-0.39, 0.29) is 17.4 Å². The van der Waals surface area contributed by atoms with Crippen LogP contribution in [0.15, 0.2) is 6.33 Å². The SMILES string of the molecule is CC1CC(CN)(C(=O)NC(C)c2nncn2C)C1. The predicted octanol–water partition coefficient (Wildman–Crippen LogP) is 0.367. The number of hydrogen-bond donors (Lipinski definition) is 2. The molecule has 0 spiro atoms. The van der Waals surface area contributed by atoms with Gasteiger partial charge in [-0.3, -0.25) is 4.79 Å². The van der Waals surface area contributed by atoms with Crippen LogP contribution in [0.3, 0.4) is 0 Å². The van der Waals surface area contributed by atoms with E-state index in [9.17, 15) is 4.79 Å². The molecular formula is C12H21N5O. The highest BCUT2D eigenvalue weighted by Gasteiger charge is 2.47. The summed E-state index contributed by atoms with van der Waals surface area (Å²) in [6, 6.07) is -0.149. The van der Waals surface area contributed by atoms with Gasteiger partial charge in [0.2, 0.25) is 5.91 Å². The van der Waals surface area contributed by atoms with Crippen LogP contribution in [0.1, 0.15) is 38.6 Å². The van der Waals surface area contributed by atoms with Crippen LogP contribution >= 0.6 is 0 Å². The van der Waals surface area contributed by atoms with Gasteiger partial charge in [-0.25, -0.2) is 0 Å². The molecule has 1 saturated carbocycles. The fourth-order valence-electron chi connectivity index (χ4n) is 2.82. The summed E-state index contributed by atoms with van der Waals surface area (Å²) in [5.74, 6) is 1.38. The second-order valence-corrected chi connectivity index (χ2v) is 5.49. The van der Waals surface area contributed by atoms with Crippen molar-refractivity contribution in [1.29, 1.82) is 0 Å². The third-order valence-electron chi connectivity index (χ3n) is 3.83. The van der Waals surface area contributed by atoms with Crippen LogP contribution < -0.4 is 11.1 Å². The molecule has 1 heterocycles. The minimum atomic E-state index is -0.369. The number of amides is 1. The molecule has 0 saturated heterocycles. The van der Waals surface area contributed by atoms with Crippen molar-refractivity contribution < 1.29 is 4.79 Å². The van der Waals surface area contributed by atoms with Crippen molar-refractivity contribution in [2.45, 2.75) is 32.7 Å². The van der Waals surface area contributed by atoms with E-state index in [4.69, 9.17) is 5.73 Å². The fourth-order valence-corrected chi connectivity index (χ4v) is 2.82. The first kappa shape index (κ1) is 13.0. The lowest BCUT2D eigenvalue weighted by molar-refractivity contribution is -0.138. The van der Waals surface area contributed by atoms with Gasteiger partial charge in [0.15, 0.2) is 5.82 Å². The Morgan fingerprint density at radius 1 is 1.72 bits per heavy atom. The quantitative estimate of drug-likeness (QED) is 0.809. The lowest BCUT2D eigenvalue weighted by Crippen LogP contribution is -2.53. The summed E-state index contributed by atoms with van der Waals surface area (Å²) in [5.41, 5.74) is 5.39. The van der Waals surface area contributed by atoms with Crippen molar-refractivity contribution in [2.24, 2.45) is 24.1 Å². The normalized spacial score (nSPS) is 28.6. The van der Waals surface area contributed by atoms with E-state index in [2.05, 4.69) is 22.4 Å². The Bertz CT molecular complexity index is 435. The molecular weight excluding hydrogens is 230 g/mol. The summed E-state index contributed by atoms with van der Waals surface area (Å²) < 4.78 is 1.81. The van der Waals surface area contributed by atoms with Crippen molar-refractivity contribution >= 4 is 5.91 Å². The monoisotopic (exact) mass is 251 g/mol. The Labute approximate surface area is 107 Å². The van der Waals surface area contributed by atoms with E-state index in [1.54, 1.807) is 6.33 Å². The number of hydrogen-bond acceptors (Lipinski definition) is 4. The van der Waals surface area contributed by atoms with E-state index >= 15 is 0 Å². The Kier molecular flexibility index (Phi) is 3.38. The average Bonchev–Trinajstić information content (AvgIpc) is 2.70. The first-order chi connectivity index (χ1) is 8.48. The third-order valence-corrected chi connectivity index (χ3v) is 3.83. The molecule has 0 bridgehead atoms. The first-order valence-electron chi connectivity index (χ1n) is 6.33. The maximum atomic E-state index is 12.3. The summed E-state index contributed by atoms with van der Waals surface area (Å²) in [6.07, 6.45) is 3.38. The number of rotatable bonds is 4. The smallest absolute Gasteiger partial charge is 0.228 e. The van der Waals surface area contributed by atoms with Gasteiger partial charge in [-0.1, -0.05) is 6.92 Å². The maximum Gasteiger partial charge on any atom is 0.228 e. The highest BCUT2D eigenvalue weighted by atomic mass is 16.2. The third kappa shape index (κ3) is 2.12. The van der Waals surface area contributed by atoms with Crippen molar-refractivity contribution in [3.05, 3.63) is 12.2 Å². The molecule has 0 aromatic carbocycles. The Morgan fingerprint density at radius 3 is 2.83 bits per heavy atom. The molecule has 3 N–H and O–H groups in total. The highest BCUT2D eigenvalue weighted by Crippen LogP contribution is 2.45. The molecule has 1 aromatic rings. The zero-order chi connectivity index (χ0) is 13.3. The van der Waals surface area contributed by atoms with Gasteiger partial charge in [0.05, 0.1) is 11.5 Å². The van der Waals surface area contributed by atoms with Crippen LogP contribution in [0, 0.1) is 11.3 Å². The maximum absolute atomic E-state index is 12.3.